The van der Waals surface area contributed by atoms with E-state index in [0.717, 1.165) is 34.0 Å². The Morgan fingerprint density at radius 1 is 1.28 bits per heavy atom. The second-order valence-electron chi connectivity index (χ2n) is 8.63. The quantitative estimate of drug-likeness (QED) is 0.735. The third-order valence-corrected chi connectivity index (χ3v) is 6.62. The number of amides is 1. The van der Waals surface area contributed by atoms with Crippen molar-refractivity contribution < 1.29 is 13.9 Å². The largest absolute Gasteiger partial charge is 0.446 e. The standard InChI is InChI=1S/C23H25FN6O2/c1-14-27-20(13-28(14)2)17-11-19-22(18(17)12-25)21(3-4-26-19)29-5-7-30(8-6-29)23(31)32-16-9-15(24)10-16/h3-4,13,15-16H,5-11H2,1-2H3. The number of aromatic nitrogens is 3. The van der Waals surface area contributed by atoms with Gasteiger partial charge < -0.3 is 19.1 Å². The summed E-state index contributed by atoms with van der Waals surface area (Å²) < 4.78 is 20.3. The second-order valence-corrected chi connectivity index (χ2v) is 8.63. The van der Waals surface area contributed by atoms with Gasteiger partial charge in [-0.3, -0.25) is 4.98 Å². The van der Waals surface area contributed by atoms with E-state index in [0.29, 0.717) is 51.0 Å². The maximum Gasteiger partial charge on any atom is 0.410 e. The number of imidazole rings is 1. The number of hydrogen-bond acceptors (Lipinski definition) is 6. The van der Waals surface area contributed by atoms with Gasteiger partial charge in [0.25, 0.3) is 0 Å². The van der Waals surface area contributed by atoms with Crippen molar-refractivity contribution in [2.75, 3.05) is 31.1 Å². The van der Waals surface area contributed by atoms with E-state index < -0.39 is 6.17 Å². The fourth-order valence-electron chi connectivity index (χ4n) is 4.56. The van der Waals surface area contributed by atoms with Gasteiger partial charge in [-0.2, -0.15) is 5.26 Å². The van der Waals surface area contributed by atoms with Crippen LogP contribution < -0.4 is 4.90 Å². The molecule has 2 aromatic heterocycles. The Hall–Kier alpha value is -3.41. The minimum atomic E-state index is -0.847. The predicted octanol–water partition coefficient (Wildman–Crippen LogP) is 2.87. The highest BCUT2D eigenvalue weighted by atomic mass is 19.1. The monoisotopic (exact) mass is 436 g/mol. The highest BCUT2D eigenvalue weighted by Crippen LogP contribution is 2.42. The molecular weight excluding hydrogens is 411 g/mol. The third kappa shape index (κ3) is 3.49. The SMILES string of the molecule is Cc1nc(C2=C(C#N)c3c(N4CCN(C(=O)OC5CC(F)C5)CC4)ccnc3C2)cn1C. The minimum absolute atomic E-state index is 0.295. The molecule has 166 valence electrons. The van der Waals surface area contributed by atoms with Crippen molar-refractivity contribution in [2.45, 2.75) is 38.5 Å². The summed E-state index contributed by atoms with van der Waals surface area (Å²) >= 11 is 0. The van der Waals surface area contributed by atoms with Crippen molar-refractivity contribution in [1.29, 1.82) is 5.26 Å². The van der Waals surface area contributed by atoms with Gasteiger partial charge in [-0.05, 0) is 13.0 Å². The van der Waals surface area contributed by atoms with E-state index in [-0.39, 0.29) is 12.2 Å². The number of halogens is 1. The van der Waals surface area contributed by atoms with Crippen molar-refractivity contribution in [3.05, 3.63) is 41.2 Å². The number of piperazine rings is 1. The molecule has 1 amide bonds. The molecule has 32 heavy (non-hydrogen) atoms. The number of hydrogen-bond donors (Lipinski definition) is 0. The van der Waals surface area contributed by atoms with Crippen LogP contribution in [0.15, 0.2) is 18.5 Å². The van der Waals surface area contributed by atoms with E-state index in [1.807, 2.05) is 30.8 Å². The van der Waals surface area contributed by atoms with Crippen LogP contribution in [0.25, 0.3) is 11.1 Å². The second kappa shape index (κ2) is 7.93. The molecule has 0 atom stereocenters. The van der Waals surface area contributed by atoms with E-state index in [4.69, 9.17) is 4.74 Å². The van der Waals surface area contributed by atoms with Crippen LogP contribution in [-0.2, 0) is 18.2 Å². The summed E-state index contributed by atoms with van der Waals surface area (Å²) in [6, 6.07) is 4.33. The van der Waals surface area contributed by atoms with Gasteiger partial charge in [-0.15, -0.1) is 0 Å². The lowest BCUT2D eigenvalue weighted by Gasteiger charge is -2.38. The van der Waals surface area contributed by atoms with Gasteiger partial charge in [0.05, 0.1) is 17.0 Å². The van der Waals surface area contributed by atoms with Gasteiger partial charge in [0.15, 0.2) is 0 Å². The fourth-order valence-corrected chi connectivity index (χ4v) is 4.56. The number of allylic oxidation sites excluding steroid dienone is 2. The molecule has 2 aromatic rings. The summed E-state index contributed by atoms with van der Waals surface area (Å²) in [5.41, 5.74) is 5.04. The molecule has 0 bridgehead atoms. The Morgan fingerprint density at radius 3 is 2.66 bits per heavy atom. The molecule has 2 aliphatic carbocycles. The van der Waals surface area contributed by atoms with E-state index in [1.165, 1.54) is 0 Å². The molecule has 0 radical (unpaired) electrons. The van der Waals surface area contributed by atoms with Crippen LogP contribution in [0.5, 0.6) is 0 Å². The molecule has 1 saturated carbocycles. The molecule has 1 aliphatic heterocycles. The minimum Gasteiger partial charge on any atom is -0.446 e. The van der Waals surface area contributed by atoms with Gasteiger partial charge >= 0.3 is 6.09 Å². The molecule has 3 heterocycles. The van der Waals surface area contributed by atoms with Crippen molar-refractivity contribution in [3.63, 3.8) is 0 Å². The molecule has 2 fully saturated rings. The van der Waals surface area contributed by atoms with Crippen molar-refractivity contribution in [2.24, 2.45) is 7.05 Å². The van der Waals surface area contributed by atoms with Crippen molar-refractivity contribution >= 4 is 22.9 Å². The average Bonchev–Trinajstić information content (AvgIpc) is 3.32. The highest BCUT2D eigenvalue weighted by molar-refractivity contribution is 6.04. The molecule has 3 aliphatic rings. The summed E-state index contributed by atoms with van der Waals surface area (Å²) in [6.45, 7) is 4.21. The van der Waals surface area contributed by atoms with Crippen molar-refractivity contribution in [1.82, 2.24) is 19.4 Å². The number of alkyl halides is 1. The van der Waals surface area contributed by atoms with Gasteiger partial charge in [0.2, 0.25) is 0 Å². The zero-order chi connectivity index (χ0) is 22.4. The van der Waals surface area contributed by atoms with Gasteiger partial charge in [-0.25, -0.2) is 14.2 Å². The van der Waals surface area contributed by atoms with Gasteiger partial charge in [-0.1, -0.05) is 0 Å². The predicted molar refractivity (Wildman–Crippen MR) is 116 cm³/mol. The van der Waals surface area contributed by atoms with E-state index >= 15 is 0 Å². The van der Waals surface area contributed by atoms with Gasteiger partial charge in [0, 0.05) is 81.7 Å². The number of rotatable bonds is 3. The molecule has 5 rings (SSSR count). The Morgan fingerprint density at radius 2 is 2.03 bits per heavy atom. The number of ether oxygens (including phenoxy) is 1. The Balaban J connectivity index is 1.34. The zero-order valence-electron chi connectivity index (χ0n) is 18.2. The lowest BCUT2D eigenvalue weighted by Crippen LogP contribution is -2.50. The summed E-state index contributed by atoms with van der Waals surface area (Å²) in [6.07, 6.45) is 3.40. The zero-order valence-corrected chi connectivity index (χ0v) is 18.2. The molecule has 0 aromatic carbocycles. The van der Waals surface area contributed by atoms with E-state index in [9.17, 15) is 14.4 Å². The topological polar surface area (TPSA) is 87.3 Å². The maximum atomic E-state index is 13.0. The number of nitrogens with zero attached hydrogens (tertiary/aromatic N) is 6. The first-order valence-corrected chi connectivity index (χ1v) is 10.9. The van der Waals surface area contributed by atoms with Crippen molar-refractivity contribution in [3.8, 4) is 6.07 Å². The first-order chi connectivity index (χ1) is 15.4. The Kier molecular flexibility index (Phi) is 5.08. The normalized spacial score (nSPS) is 22.4. The van der Waals surface area contributed by atoms with Gasteiger partial charge in [0.1, 0.15) is 24.2 Å². The van der Waals surface area contributed by atoms with E-state index in [1.54, 1.807) is 11.1 Å². The average molecular weight is 436 g/mol. The summed E-state index contributed by atoms with van der Waals surface area (Å²) in [5.74, 6) is 0.890. The highest BCUT2D eigenvalue weighted by Gasteiger charge is 2.35. The van der Waals surface area contributed by atoms with Crippen LogP contribution in [0.2, 0.25) is 0 Å². The maximum absolute atomic E-state index is 13.0. The van der Waals surface area contributed by atoms with Crippen LogP contribution in [0.1, 0.15) is 35.6 Å². The number of carbonyl (C=O) groups is 1. The Labute approximate surface area is 185 Å². The number of aryl methyl sites for hydroxylation is 2. The number of fused-ring (bicyclic) bond motifs is 1. The Bertz CT molecular complexity index is 1120. The van der Waals surface area contributed by atoms with Crippen LogP contribution in [0.3, 0.4) is 0 Å². The molecule has 9 heteroatoms. The third-order valence-electron chi connectivity index (χ3n) is 6.62. The smallest absolute Gasteiger partial charge is 0.410 e. The number of anilines is 1. The lowest BCUT2D eigenvalue weighted by molar-refractivity contribution is -0.0132. The number of carbonyl (C=O) groups excluding carboxylic acids is 1. The summed E-state index contributed by atoms with van der Waals surface area (Å²) in [5, 5.41) is 10.0. The molecular formula is C23H25FN6O2. The van der Waals surface area contributed by atoms with E-state index in [2.05, 4.69) is 20.9 Å². The molecule has 0 spiro atoms. The van der Waals surface area contributed by atoms with Crippen LogP contribution in [0, 0.1) is 18.3 Å². The molecule has 0 unspecified atom stereocenters. The molecule has 8 nitrogen and oxygen atoms in total. The molecule has 0 N–H and O–H groups in total. The first-order valence-electron chi connectivity index (χ1n) is 10.9. The summed E-state index contributed by atoms with van der Waals surface area (Å²) in [7, 11) is 1.94. The van der Waals surface area contributed by atoms with Crippen LogP contribution in [-0.4, -0.2) is 64.0 Å². The fraction of sp³-hybridized carbons (Fsp3) is 0.478. The first kappa shape index (κ1) is 20.5. The number of nitriles is 1. The van der Waals surface area contributed by atoms with Crippen LogP contribution in [0.4, 0.5) is 14.9 Å². The van der Waals surface area contributed by atoms with Crippen LogP contribution >= 0.6 is 0 Å². The lowest BCUT2D eigenvalue weighted by atomic mass is 9.94. The summed E-state index contributed by atoms with van der Waals surface area (Å²) in [4.78, 5) is 25.4. The number of pyridine rings is 1. The molecule has 1 saturated heterocycles.